The highest BCUT2D eigenvalue weighted by Gasteiger charge is 2.47. The topological polar surface area (TPSA) is 117 Å². The van der Waals surface area contributed by atoms with E-state index in [9.17, 15) is 14.4 Å². The molecule has 0 bridgehead atoms. The molecule has 1 heterocycles. The lowest BCUT2D eigenvalue weighted by Gasteiger charge is -2.34. The van der Waals surface area contributed by atoms with Crippen LogP contribution in [0, 0.1) is 6.92 Å². The van der Waals surface area contributed by atoms with Crippen LogP contribution < -0.4 is 10.8 Å². The van der Waals surface area contributed by atoms with Crippen LogP contribution in [0.25, 0.3) is 0 Å². The standard InChI is InChI=1S/C20H27N5O4/c1-12(16-11-22-25(6)13(16)2)14-7-9-15(10-8-14)17(26)24(5)20(3,18(27)21-4)19(28)23-29/h7-12,29H,1-6H3,(H,21,27)(H,23,28). The Morgan fingerprint density at radius 2 is 1.79 bits per heavy atom. The molecule has 2 unspecified atom stereocenters. The smallest absolute Gasteiger partial charge is 0.278 e. The summed E-state index contributed by atoms with van der Waals surface area (Å²) in [6.07, 6.45) is 1.83. The van der Waals surface area contributed by atoms with Crippen molar-refractivity contribution in [2.45, 2.75) is 32.2 Å². The molecule has 9 heteroatoms. The third kappa shape index (κ3) is 3.86. The molecule has 0 fully saturated rings. The summed E-state index contributed by atoms with van der Waals surface area (Å²) in [5.74, 6) is -2.18. The zero-order valence-corrected chi connectivity index (χ0v) is 17.5. The molecule has 0 aliphatic rings. The van der Waals surface area contributed by atoms with Crippen LogP contribution in [0.5, 0.6) is 0 Å². The fourth-order valence-electron chi connectivity index (χ4n) is 3.19. The number of hydrogen-bond acceptors (Lipinski definition) is 5. The SMILES string of the molecule is CNC(=O)C(C)(C(=O)NO)N(C)C(=O)c1ccc(C(C)c2cnn(C)c2C)cc1. The Morgan fingerprint density at radius 3 is 2.24 bits per heavy atom. The van der Waals surface area contributed by atoms with Gasteiger partial charge in [-0.15, -0.1) is 0 Å². The molecule has 3 amide bonds. The highest BCUT2D eigenvalue weighted by atomic mass is 16.5. The van der Waals surface area contributed by atoms with Crippen molar-refractivity contribution in [3.05, 3.63) is 52.8 Å². The molecular formula is C20H27N5O4. The normalized spacial score (nSPS) is 13.9. The molecule has 2 aromatic rings. The summed E-state index contributed by atoms with van der Waals surface area (Å²) in [6.45, 7) is 5.32. The minimum atomic E-state index is -1.92. The quantitative estimate of drug-likeness (QED) is 0.379. The van der Waals surface area contributed by atoms with E-state index in [1.807, 2.05) is 37.0 Å². The van der Waals surface area contributed by atoms with Crippen molar-refractivity contribution in [3.8, 4) is 0 Å². The summed E-state index contributed by atoms with van der Waals surface area (Å²) in [5.41, 5.74) is 3.01. The van der Waals surface area contributed by atoms with Crippen LogP contribution in [-0.2, 0) is 16.6 Å². The fourth-order valence-corrected chi connectivity index (χ4v) is 3.19. The third-order valence-electron chi connectivity index (χ3n) is 5.59. The molecule has 0 spiro atoms. The Morgan fingerprint density at radius 1 is 1.21 bits per heavy atom. The lowest BCUT2D eigenvalue weighted by atomic mass is 9.92. The van der Waals surface area contributed by atoms with Crippen molar-refractivity contribution in [1.29, 1.82) is 0 Å². The van der Waals surface area contributed by atoms with Gasteiger partial charge in [0.2, 0.25) is 0 Å². The molecule has 2 atom stereocenters. The van der Waals surface area contributed by atoms with Gasteiger partial charge in [0.25, 0.3) is 17.7 Å². The van der Waals surface area contributed by atoms with Gasteiger partial charge in [0.05, 0.1) is 6.20 Å². The van der Waals surface area contributed by atoms with Gasteiger partial charge in [-0.25, -0.2) is 5.48 Å². The van der Waals surface area contributed by atoms with Crippen molar-refractivity contribution < 1.29 is 19.6 Å². The van der Waals surface area contributed by atoms with Gasteiger partial charge in [0, 0.05) is 43.9 Å². The fraction of sp³-hybridized carbons (Fsp3) is 0.400. The van der Waals surface area contributed by atoms with E-state index < -0.39 is 23.3 Å². The maximum absolute atomic E-state index is 12.9. The van der Waals surface area contributed by atoms with Gasteiger partial charge in [-0.2, -0.15) is 5.10 Å². The van der Waals surface area contributed by atoms with Crippen molar-refractivity contribution in [2.75, 3.05) is 14.1 Å². The number of likely N-dealkylation sites (N-methyl/N-ethyl adjacent to an activating group) is 2. The minimum Gasteiger partial charge on any atom is -0.357 e. The number of amides is 3. The Labute approximate surface area is 169 Å². The number of aromatic nitrogens is 2. The summed E-state index contributed by atoms with van der Waals surface area (Å²) in [4.78, 5) is 38.3. The van der Waals surface area contributed by atoms with Crippen molar-refractivity contribution >= 4 is 17.7 Å². The lowest BCUT2D eigenvalue weighted by Crippen LogP contribution is -2.64. The number of carbonyl (C=O) groups excluding carboxylic acids is 3. The Balaban J connectivity index is 2.30. The molecule has 0 aliphatic heterocycles. The van der Waals surface area contributed by atoms with E-state index in [-0.39, 0.29) is 5.92 Å². The Bertz CT molecular complexity index is 903. The first-order valence-electron chi connectivity index (χ1n) is 9.12. The molecule has 0 saturated carbocycles. The Kier molecular flexibility index (Phi) is 6.43. The average Bonchev–Trinajstić information content (AvgIpc) is 3.08. The molecule has 0 aliphatic carbocycles. The van der Waals surface area contributed by atoms with Gasteiger partial charge < -0.3 is 10.2 Å². The van der Waals surface area contributed by atoms with Crippen LogP contribution in [0.3, 0.4) is 0 Å². The van der Waals surface area contributed by atoms with Gasteiger partial charge >= 0.3 is 0 Å². The number of hydrogen-bond donors (Lipinski definition) is 3. The second-order valence-electron chi connectivity index (χ2n) is 7.11. The number of nitrogens with zero attached hydrogens (tertiary/aromatic N) is 3. The lowest BCUT2D eigenvalue weighted by molar-refractivity contribution is -0.148. The molecule has 9 nitrogen and oxygen atoms in total. The summed E-state index contributed by atoms with van der Waals surface area (Å²) in [6, 6.07) is 6.97. The van der Waals surface area contributed by atoms with Crippen LogP contribution in [0.2, 0.25) is 0 Å². The predicted molar refractivity (Wildman–Crippen MR) is 106 cm³/mol. The van der Waals surface area contributed by atoms with Crippen LogP contribution in [0.4, 0.5) is 0 Å². The average molecular weight is 401 g/mol. The second-order valence-corrected chi connectivity index (χ2v) is 7.11. The van der Waals surface area contributed by atoms with Crippen LogP contribution in [0.15, 0.2) is 30.5 Å². The van der Waals surface area contributed by atoms with Crippen molar-refractivity contribution in [2.24, 2.45) is 7.05 Å². The molecule has 3 N–H and O–H groups in total. The number of aryl methyl sites for hydroxylation is 1. The maximum Gasteiger partial charge on any atom is 0.278 e. The van der Waals surface area contributed by atoms with E-state index in [1.165, 1.54) is 26.5 Å². The summed E-state index contributed by atoms with van der Waals surface area (Å²) in [7, 11) is 4.57. The molecule has 156 valence electrons. The molecule has 2 rings (SSSR count). The maximum atomic E-state index is 12.9. The van der Waals surface area contributed by atoms with E-state index in [0.717, 1.165) is 21.7 Å². The first kappa shape index (κ1) is 22.1. The van der Waals surface area contributed by atoms with Crippen molar-refractivity contribution in [1.82, 2.24) is 25.5 Å². The van der Waals surface area contributed by atoms with E-state index >= 15 is 0 Å². The predicted octanol–water partition coefficient (Wildman–Crippen LogP) is 0.962. The first-order chi connectivity index (χ1) is 13.6. The van der Waals surface area contributed by atoms with Crippen LogP contribution in [0.1, 0.15) is 46.9 Å². The largest absolute Gasteiger partial charge is 0.357 e. The molecule has 1 aromatic heterocycles. The summed E-state index contributed by atoms with van der Waals surface area (Å²) in [5, 5.41) is 15.6. The van der Waals surface area contributed by atoms with E-state index in [4.69, 9.17) is 5.21 Å². The zero-order valence-electron chi connectivity index (χ0n) is 17.5. The van der Waals surface area contributed by atoms with Gasteiger partial charge in [0.15, 0.2) is 5.54 Å². The molecular weight excluding hydrogens is 374 g/mol. The van der Waals surface area contributed by atoms with Crippen LogP contribution >= 0.6 is 0 Å². The first-order valence-corrected chi connectivity index (χ1v) is 9.12. The van der Waals surface area contributed by atoms with Gasteiger partial charge in [-0.3, -0.25) is 24.3 Å². The molecule has 0 saturated heterocycles. The highest BCUT2D eigenvalue weighted by molar-refractivity contribution is 6.12. The zero-order chi connectivity index (χ0) is 21.9. The third-order valence-corrected chi connectivity index (χ3v) is 5.59. The number of nitrogens with one attached hydrogen (secondary N) is 2. The summed E-state index contributed by atoms with van der Waals surface area (Å²) >= 11 is 0. The highest BCUT2D eigenvalue weighted by Crippen LogP contribution is 2.27. The van der Waals surface area contributed by atoms with Crippen molar-refractivity contribution in [3.63, 3.8) is 0 Å². The monoisotopic (exact) mass is 401 g/mol. The Hall–Kier alpha value is -3.20. The van der Waals surface area contributed by atoms with E-state index in [2.05, 4.69) is 17.3 Å². The molecule has 0 radical (unpaired) electrons. The number of benzene rings is 1. The number of rotatable bonds is 6. The van der Waals surface area contributed by atoms with E-state index in [0.29, 0.717) is 5.56 Å². The summed E-state index contributed by atoms with van der Waals surface area (Å²) < 4.78 is 1.81. The number of carbonyl (C=O) groups is 3. The molecule has 29 heavy (non-hydrogen) atoms. The number of hydroxylamine groups is 1. The molecule has 1 aromatic carbocycles. The minimum absolute atomic E-state index is 0.0851. The van der Waals surface area contributed by atoms with E-state index in [1.54, 1.807) is 12.1 Å². The van der Waals surface area contributed by atoms with Gasteiger partial charge in [-0.05, 0) is 31.5 Å². The second kappa shape index (κ2) is 8.44. The van der Waals surface area contributed by atoms with Gasteiger partial charge in [-0.1, -0.05) is 19.1 Å². The van der Waals surface area contributed by atoms with Gasteiger partial charge in [0.1, 0.15) is 0 Å². The van der Waals surface area contributed by atoms with Crippen LogP contribution in [-0.4, -0.2) is 57.2 Å².